The fraction of sp³-hybridized carbons (Fsp3) is 0.500. The number of amides is 2. The maximum atomic E-state index is 13.7. The molecular weight excluding hydrogens is 304 g/mol. The van der Waals surface area contributed by atoms with E-state index in [0.29, 0.717) is 19.8 Å². The number of nitrogens with zero attached hydrogens (tertiary/aromatic N) is 1. The topological polar surface area (TPSA) is 41.6 Å². The van der Waals surface area contributed by atoms with Crippen LogP contribution in [-0.2, 0) is 10.9 Å². The summed E-state index contributed by atoms with van der Waals surface area (Å²) in [7, 11) is 1.45. The quantitative estimate of drug-likeness (QED) is 0.868. The fourth-order valence-electron chi connectivity index (χ4n) is 2.29. The minimum atomic E-state index is -4.75. The summed E-state index contributed by atoms with van der Waals surface area (Å²) < 4.78 is 57.4. The van der Waals surface area contributed by atoms with Gasteiger partial charge in [-0.25, -0.2) is 9.18 Å². The first-order chi connectivity index (χ1) is 10.3. The number of urea groups is 1. The van der Waals surface area contributed by atoms with Crippen LogP contribution in [0.15, 0.2) is 18.2 Å². The summed E-state index contributed by atoms with van der Waals surface area (Å²) in [5, 5.41) is 2.01. The molecule has 22 heavy (non-hydrogen) atoms. The van der Waals surface area contributed by atoms with Gasteiger partial charge in [0.25, 0.3) is 0 Å². The maximum absolute atomic E-state index is 13.7. The number of carbonyl (C=O) groups is 1. The second-order valence-corrected chi connectivity index (χ2v) is 5.20. The zero-order chi connectivity index (χ0) is 16.3. The molecule has 1 fully saturated rings. The van der Waals surface area contributed by atoms with Crippen molar-refractivity contribution in [1.29, 1.82) is 0 Å². The van der Waals surface area contributed by atoms with Gasteiger partial charge in [0.05, 0.1) is 17.9 Å². The zero-order valence-corrected chi connectivity index (χ0v) is 11.9. The van der Waals surface area contributed by atoms with E-state index in [9.17, 15) is 22.4 Å². The molecule has 122 valence electrons. The van der Waals surface area contributed by atoms with E-state index in [1.54, 1.807) is 0 Å². The Morgan fingerprint density at radius 3 is 2.77 bits per heavy atom. The molecule has 2 rings (SSSR count). The molecule has 0 bridgehead atoms. The number of halogens is 4. The van der Waals surface area contributed by atoms with Crippen molar-refractivity contribution in [2.24, 2.45) is 5.92 Å². The SMILES string of the molecule is CN(CC1CCOC1)C(=O)Nc1c(F)cccc1C(F)(F)F. The molecule has 8 heteroatoms. The Bertz CT molecular complexity index is 542. The van der Waals surface area contributed by atoms with E-state index in [2.05, 4.69) is 0 Å². The second kappa shape index (κ2) is 6.51. The Morgan fingerprint density at radius 2 is 2.18 bits per heavy atom. The van der Waals surface area contributed by atoms with Crippen LogP contribution >= 0.6 is 0 Å². The number of hydrogen-bond donors (Lipinski definition) is 1. The first-order valence-corrected chi connectivity index (χ1v) is 6.74. The smallest absolute Gasteiger partial charge is 0.381 e. The van der Waals surface area contributed by atoms with Gasteiger partial charge in [-0.05, 0) is 18.6 Å². The molecule has 0 saturated carbocycles. The minimum Gasteiger partial charge on any atom is -0.381 e. The van der Waals surface area contributed by atoms with Gasteiger partial charge in [0.15, 0.2) is 0 Å². The molecule has 2 amide bonds. The number of rotatable bonds is 3. The molecular formula is C14H16F4N2O2. The van der Waals surface area contributed by atoms with Crippen molar-refractivity contribution in [3.8, 4) is 0 Å². The summed E-state index contributed by atoms with van der Waals surface area (Å²) in [6.45, 7) is 1.44. The van der Waals surface area contributed by atoms with Crippen molar-refractivity contribution in [2.75, 3.05) is 32.1 Å². The molecule has 1 N–H and O–H groups in total. The van der Waals surface area contributed by atoms with Gasteiger partial charge in [-0.15, -0.1) is 0 Å². The summed E-state index contributed by atoms with van der Waals surface area (Å²) in [6.07, 6.45) is -3.96. The number of ether oxygens (including phenoxy) is 1. The molecule has 1 atom stereocenters. The van der Waals surface area contributed by atoms with Gasteiger partial charge in [0, 0.05) is 26.1 Å². The van der Waals surface area contributed by atoms with Crippen LogP contribution in [0.3, 0.4) is 0 Å². The van der Waals surface area contributed by atoms with Crippen molar-refractivity contribution in [2.45, 2.75) is 12.6 Å². The summed E-state index contributed by atoms with van der Waals surface area (Å²) in [5.41, 5.74) is -2.06. The van der Waals surface area contributed by atoms with Gasteiger partial charge in [0.2, 0.25) is 0 Å². The van der Waals surface area contributed by atoms with Crippen LogP contribution in [0.1, 0.15) is 12.0 Å². The second-order valence-electron chi connectivity index (χ2n) is 5.20. The molecule has 1 aromatic rings. The summed E-state index contributed by atoms with van der Waals surface area (Å²) in [4.78, 5) is 13.2. The Hall–Kier alpha value is -1.83. The highest BCUT2D eigenvalue weighted by Crippen LogP contribution is 2.36. The van der Waals surface area contributed by atoms with E-state index in [-0.39, 0.29) is 5.92 Å². The van der Waals surface area contributed by atoms with E-state index >= 15 is 0 Å². The van der Waals surface area contributed by atoms with Gasteiger partial charge in [-0.3, -0.25) is 0 Å². The van der Waals surface area contributed by atoms with Gasteiger partial charge in [0.1, 0.15) is 5.82 Å². The van der Waals surface area contributed by atoms with E-state index < -0.39 is 29.3 Å². The average Bonchev–Trinajstić information content (AvgIpc) is 2.92. The average molecular weight is 320 g/mol. The Kier molecular flexibility index (Phi) is 4.90. The molecule has 1 aliphatic heterocycles. The number of benzene rings is 1. The molecule has 0 spiro atoms. The molecule has 1 heterocycles. The zero-order valence-electron chi connectivity index (χ0n) is 11.9. The number of anilines is 1. The lowest BCUT2D eigenvalue weighted by Crippen LogP contribution is -2.36. The molecule has 0 aromatic heterocycles. The highest BCUT2D eigenvalue weighted by Gasteiger charge is 2.35. The van der Waals surface area contributed by atoms with Gasteiger partial charge >= 0.3 is 12.2 Å². The minimum absolute atomic E-state index is 0.137. The van der Waals surface area contributed by atoms with Crippen molar-refractivity contribution in [3.05, 3.63) is 29.6 Å². The van der Waals surface area contributed by atoms with Crippen LogP contribution in [0.25, 0.3) is 0 Å². The highest BCUT2D eigenvalue weighted by atomic mass is 19.4. The lowest BCUT2D eigenvalue weighted by molar-refractivity contribution is -0.137. The lowest BCUT2D eigenvalue weighted by atomic mass is 10.1. The summed E-state index contributed by atoms with van der Waals surface area (Å²) in [5.74, 6) is -0.987. The summed E-state index contributed by atoms with van der Waals surface area (Å²) >= 11 is 0. The number of nitrogens with one attached hydrogen (secondary N) is 1. The molecule has 1 saturated heterocycles. The molecule has 4 nitrogen and oxygen atoms in total. The number of alkyl halides is 3. The van der Waals surface area contributed by atoms with Crippen LogP contribution in [0, 0.1) is 11.7 Å². The molecule has 0 aliphatic carbocycles. The van der Waals surface area contributed by atoms with Crippen molar-refractivity contribution in [1.82, 2.24) is 4.90 Å². The van der Waals surface area contributed by atoms with Crippen LogP contribution in [0.5, 0.6) is 0 Å². The third kappa shape index (κ3) is 3.88. The Labute approximate surface area is 125 Å². The maximum Gasteiger partial charge on any atom is 0.418 e. The predicted molar refractivity (Wildman–Crippen MR) is 72.0 cm³/mol. The van der Waals surface area contributed by atoms with E-state index in [0.717, 1.165) is 24.6 Å². The van der Waals surface area contributed by atoms with Crippen LogP contribution in [0.4, 0.5) is 28.0 Å². The van der Waals surface area contributed by atoms with E-state index in [4.69, 9.17) is 4.74 Å². The Morgan fingerprint density at radius 1 is 1.45 bits per heavy atom. The monoisotopic (exact) mass is 320 g/mol. The third-order valence-corrected chi connectivity index (χ3v) is 3.45. The number of para-hydroxylation sites is 1. The van der Waals surface area contributed by atoms with Gasteiger partial charge in [-0.2, -0.15) is 13.2 Å². The number of carbonyl (C=O) groups excluding carboxylic acids is 1. The molecule has 1 aliphatic rings. The third-order valence-electron chi connectivity index (χ3n) is 3.45. The standard InChI is InChI=1S/C14H16F4N2O2/c1-20(7-9-5-6-22-8-9)13(21)19-12-10(14(16,17)18)3-2-4-11(12)15/h2-4,9H,5-8H2,1H3,(H,19,21). The van der Waals surface area contributed by atoms with Gasteiger partial charge < -0.3 is 15.0 Å². The molecule has 1 aromatic carbocycles. The van der Waals surface area contributed by atoms with E-state index in [1.807, 2.05) is 5.32 Å². The van der Waals surface area contributed by atoms with Crippen molar-refractivity contribution >= 4 is 11.7 Å². The number of hydrogen-bond acceptors (Lipinski definition) is 2. The molecule has 0 radical (unpaired) electrons. The van der Waals surface area contributed by atoms with E-state index in [1.165, 1.54) is 11.9 Å². The first-order valence-electron chi connectivity index (χ1n) is 6.74. The Balaban J connectivity index is 2.10. The van der Waals surface area contributed by atoms with Crippen LogP contribution in [-0.4, -0.2) is 37.7 Å². The van der Waals surface area contributed by atoms with Crippen LogP contribution in [0.2, 0.25) is 0 Å². The van der Waals surface area contributed by atoms with Gasteiger partial charge in [-0.1, -0.05) is 6.07 Å². The van der Waals surface area contributed by atoms with Crippen molar-refractivity contribution in [3.63, 3.8) is 0 Å². The fourth-order valence-corrected chi connectivity index (χ4v) is 2.29. The predicted octanol–water partition coefficient (Wildman–Crippen LogP) is 3.34. The highest BCUT2D eigenvalue weighted by molar-refractivity contribution is 5.90. The largest absolute Gasteiger partial charge is 0.418 e. The molecule has 1 unspecified atom stereocenters. The first kappa shape index (κ1) is 16.5. The van der Waals surface area contributed by atoms with Crippen molar-refractivity contribution < 1.29 is 27.1 Å². The normalized spacial score (nSPS) is 18.3. The lowest BCUT2D eigenvalue weighted by Gasteiger charge is -2.22. The van der Waals surface area contributed by atoms with Crippen LogP contribution < -0.4 is 5.32 Å². The summed E-state index contributed by atoms with van der Waals surface area (Å²) in [6, 6.07) is 1.76.